The molecule has 8 heteroatoms. The van der Waals surface area contributed by atoms with Gasteiger partial charge in [-0.1, -0.05) is 0 Å². The molecule has 0 radical (unpaired) electrons. The number of rotatable bonds is 9. The van der Waals surface area contributed by atoms with Crippen molar-refractivity contribution in [1.82, 2.24) is 9.88 Å². The van der Waals surface area contributed by atoms with Gasteiger partial charge in [0.1, 0.15) is 5.82 Å². The Labute approximate surface area is 213 Å². The molecule has 1 N–H and O–H groups in total. The maximum absolute atomic E-state index is 13.2. The number of pyridine rings is 1. The number of carbonyl (C=O) groups is 1. The van der Waals surface area contributed by atoms with Gasteiger partial charge < -0.3 is 29.3 Å². The number of anilines is 2. The van der Waals surface area contributed by atoms with Crippen LogP contribution in [0.4, 0.5) is 11.5 Å². The van der Waals surface area contributed by atoms with Gasteiger partial charge in [0.25, 0.3) is 5.91 Å². The number of ether oxygens (including phenoxy) is 3. The molecule has 1 aromatic heterocycles. The smallest absolute Gasteiger partial charge is 0.255 e. The summed E-state index contributed by atoms with van der Waals surface area (Å²) in [6, 6.07) is 11.4. The van der Waals surface area contributed by atoms with Gasteiger partial charge in [0.15, 0.2) is 11.5 Å². The zero-order chi connectivity index (χ0) is 25.7. The van der Waals surface area contributed by atoms with E-state index in [1.807, 2.05) is 39.0 Å². The lowest BCUT2D eigenvalue weighted by atomic mass is 10.1. The molecule has 0 unspecified atom stereocenters. The van der Waals surface area contributed by atoms with E-state index in [0.717, 1.165) is 48.5 Å². The molecule has 2 heterocycles. The largest absolute Gasteiger partial charge is 0.490 e. The first kappa shape index (κ1) is 25.6. The molecule has 4 rings (SSSR count). The highest BCUT2D eigenvalue weighted by Gasteiger charge is 2.20. The summed E-state index contributed by atoms with van der Waals surface area (Å²) in [6.07, 6.45) is 0. The van der Waals surface area contributed by atoms with Crippen molar-refractivity contribution in [3.05, 3.63) is 47.5 Å². The van der Waals surface area contributed by atoms with Crippen LogP contribution < -0.4 is 24.4 Å². The molecule has 0 atom stereocenters. The number of hydrogen-bond acceptors (Lipinski definition) is 7. The molecule has 0 aliphatic carbocycles. The van der Waals surface area contributed by atoms with E-state index in [2.05, 4.69) is 35.2 Å². The monoisotopic (exact) mass is 492 g/mol. The van der Waals surface area contributed by atoms with Crippen LogP contribution in [0.25, 0.3) is 10.9 Å². The average Bonchev–Trinajstić information content (AvgIpc) is 2.86. The fourth-order valence-corrected chi connectivity index (χ4v) is 4.37. The number of aryl methyl sites for hydroxylation is 1. The van der Waals surface area contributed by atoms with Crippen molar-refractivity contribution in [1.29, 1.82) is 0 Å². The lowest BCUT2D eigenvalue weighted by molar-refractivity contribution is 0.102. The van der Waals surface area contributed by atoms with Gasteiger partial charge in [0.2, 0.25) is 5.75 Å². The lowest BCUT2D eigenvalue weighted by Crippen LogP contribution is -2.44. The third kappa shape index (κ3) is 5.65. The van der Waals surface area contributed by atoms with Crippen molar-refractivity contribution in [2.75, 3.05) is 63.3 Å². The Balaban J connectivity index is 1.59. The van der Waals surface area contributed by atoms with Gasteiger partial charge in [-0.3, -0.25) is 4.79 Å². The molecule has 0 bridgehead atoms. The second-order valence-electron chi connectivity index (χ2n) is 8.87. The van der Waals surface area contributed by atoms with Crippen LogP contribution in [0.1, 0.15) is 36.7 Å². The third-order valence-electron chi connectivity index (χ3n) is 6.26. The van der Waals surface area contributed by atoms with Crippen LogP contribution in [0.3, 0.4) is 0 Å². The molecule has 1 aliphatic heterocycles. The molecule has 2 aromatic carbocycles. The van der Waals surface area contributed by atoms with E-state index in [4.69, 9.17) is 19.2 Å². The summed E-state index contributed by atoms with van der Waals surface area (Å²) >= 11 is 0. The number of piperazine rings is 1. The second kappa shape index (κ2) is 11.5. The number of likely N-dealkylation sites (N-methyl/N-ethyl adjacent to an activating group) is 1. The fraction of sp³-hybridized carbons (Fsp3) is 0.429. The molecule has 36 heavy (non-hydrogen) atoms. The Kier molecular flexibility index (Phi) is 8.15. The van der Waals surface area contributed by atoms with Crippen LogP contribution >= 0.6 is 0 Å². The van der Waals surface area contributed by atoms with Gasteiger partial charge in [0, 0.05) is 42.8 Å². The summed E-state index contributed by atoms with van der Waals surface area (Å²) in [4.78, 5) is 22.8. The molecular formula is C28H36N4O4. The van der Waals surface area contributed by atoms with Gasteiger partial charge in [-0.15, -0.1) is 0 Å². The standard InChI is InChI=1S/C28H36N4O4/c1-6-34-24-16-20(17-25(35-7-2)27(24)36-8-3)28(33)29-21-9-10-23-22(18-21)19(4)15-26(30-23)32-13-11-31(5)12-14-32/h9-10,15-18H,6-8,11-14H2,1-5H3,(H,29,33). The number of benzene rings is 2. The Morgan fingerprint density at radius 1 is 0.917 bits per heavy atom. The number of fused-ring (bicyclic) bond motifs is 1. The SMILES string of the molecule is CCOc1cc(C(=O)Nc2ccc3nc(N4CCN(C)CC4)cc(C)c3c2)cc(OCC)c1OCC. The summed E-state index contributed by atoms with van der Waals surface area (Å²) in [5.74, 6) is 2.25. The van der Waals surface area contributed by atoms with E-state index in [0.29, 0.717) is 48.3 Å². The first-order chi connectivity index (χ1) is 17.4. The highest BCUT2D eigenvalue weighted by atomic mass is 16.5. The summed E-state index contributed by atoms with van der Waals surface area (Å²) in [5, 5.41) is 4.03. The highest BCUT2D eigenvalue weighted by Crippen LogP contribution is 2.39. The van der Waals surface area contributed by atoms with Gasteiger partial charge >= 0.3 is 0 Å². The minimum atomic E-state index is -0.251. The molecule has 8 nitrogen and oxygen atoms in total. The zero-order valence-corrected chi connectivity index (χ0v) is 21.9. The third-order valence-corrected chi connectivity index (χ3v) is 6.26. The molecule has 1 aliphatic rings. The molecule has 1 fully saturated rings. The topological polar surface area (TPSA) is 76.2 Å². The Morgan fingerprint density at radius 2 is 1.56 bits per heavy atom. The molecule has 1 amide bonds. The van der Waals surface area contributed by atoms with Gasteiger partial charge in [-0.25, -0.2) is 4.98 Å². The lowest BCUT2D eigenvalue weighted by Gasteiger charge is -2.33. The van der Waals surface area contributed by atoms with Gasteiger partial charge in [0.05, 0.1) is 25.3 Å². The summed E-state index contributed by atoms with van der Waals surface area (Å²) in [7, 11) is 2.15. The van der Waals surface area contributed by atoms with Gasteiger partial charge in [-0.2, -0.15) is 0 Å². The van der Waals surface area contributed by atoms with E-state index in [1.165, 1.54) is 0 Å². The quantitative estimate of drug-likeness (QED) is 0.462. The van der Waals surface area contributed by atoms with Crippen LogP contribution in [-0.2, 0) is 0 Å². The first-order valence-electron chi connectivity index (χ1n) is 12.7. The van der Waals surface area contributed by atoms with Crippen LogP contribution in [0.2, 0.25) is 0 Å². The number of nitrogens with one attached hydrogen (secondary N) is 1. The van der Waals surface area contributed by atoms with Crippen molar-refractivity contribution in [2.45, 2.75) is 27.7 Å². The summed E-state index contributed by atoms with van der Waals surface area (Å²) in [6.45, 7) is 13.1. The minimum absolute atomic E-state index is 0.251. The van der Waals surface area contributed by atoms with E-state index < -0.39 is 0 Å². The first-order valence-corrected chi connectivity index (χ1v) is 12.7. The maximum Gasteiger partial charge on any atom is 0.255 e. The second-order valence-corrected chi connectivity index (χ2v) is 8.87. The summed E-state index contributed by atoms with van der Waals surface area (Å²) in [5.41, 5.74) is 3.18. The van der Waals surface area contributed by atoms with Crippen LogP contribution in [-0.4, -0.2) is 68.8 Å². The molecular weight excluding hydrogens is 456 g/mol. The predicted octanol–water partition coefficient (Wildman–Crippen LogP) is 4.74. The normalized spacial score (nSPS) is 14.1. The van der Waals surface area contributed by atoms with Crippen molar-refractivity contribution >= 4 is 28.3 Å². The highest BCUT2D eigenvalue weighted by molar-refractivity contribution is 6.06. The van der Waals surface area contributed by atoms with Crippen molar-refractivity contribution in [3.63, 3.8) is 0 Å². The molecule has 1 saturated heterocycles. The average molecular weight is 493 g/mol. The molecule has 0 saturated carbocycles. The van der Waals surface area contributed by atoms with E-state index >= 15 is 0 Å². The predicted molar refractivity (Wildman–Crippen MR) is 144 cm³/mol. The van der Waals surface area contributed by atoms with Crippen LogP contribution in [0.5, 0.6) is 17.2 Å². The number of hydrogen-bond donors (Lipinski definition) is 1. The van der Waals surface area contributed by atoms with Crippen molar-refractivity contribution in [3.8, 4) is 17.2 Å². The maximum atomic E-state index is 13.2. The molecule has 0 spiro atoms. The number of carbonyl (C=O) groups excluding carboxylic acids is 1. The van der Waals surface area contributed by atoms with Crippen molar-refractivity contribution < 1.29 is 19.0 Å². The van der Waals surface area contributed by atoms with E-state index in [-0.39, 0.29) is 5.91 Å². The van der Waals surface area contributed by atoms with Crippen molar-refractivity contribution in [2.24, 2.45) is 0 Å². The van der Waals surface area contributed by atoms with Crippen LogP contribution in [0.15, 0.2) is 36.4 Å². The Bertz CT molecular complexity index is 1190. The minimum Gasteiger partial charge on any atom is -0.490 e. The van der Waals surface area contributed by atoms with Gasteiger partial charge in [-0.05, 0) is 76.7 Å². The number of aromatic nitrogens is 1. The summed E-state index contributed by atoms with van der Waals surface area (Å²) < 4.78 is 17.3. The van der Waals surface area contributed by atoms with E-state index in [9.17, 15) is 4.79 Å². The fourth-order valence-electron chi connectivity index (χ4n) is 4.37. The van der Waals surface area contributed by atoms with Crippen LogP contribution in [0, 0.1) is 6.92 Å². The number of nitrogens with zero attached hydrogens (tertiary/aromatic N) is 3. The zero-order valence-electron chi connectivity index (χ0n) is 21.9. The Hall–Kier alpha value is -3.52. The molecule has 192 valence electrons. The van der Waals surface area contributed by atoms with E-state index in [1.54, 1.807) is 12.1 Å². The number of amides is 1. The Morgan fingerprint density at radius 3 is 2.17 bits per heavy atom. The molecule has 3 aromatic rings.